The molecule has 1 aromatic heterocycles. The van der Waals surface area contributed by atoms with Crippen LogP contribution >= 0.6 is 0 Å². The number of rotatable bonds is 2. The molecule has 0 radical (unpaired) electrons. The second-order valence-corrected chi connectivity index (χ2v) is 3.80. The third kappa shape index (κ3) is 1.64. The molecule has 0 bridgehead atoms. The summed E-state index contributed by atoms with van der Waals surface area (Å²) >= 11 is 0. The Kier molecular flexibility index (Phi) is 2.59. The highest BCUT2D eigenvalue weighted by atomic mass is 19.1. The molecule has 0 amide bonds. The maximum atomic E-state index is 13.8. The minimum absolute atomic E-state index is 0.171. The SMILES string of the molecule is Cc1cn(C)c2c(F)cc(CN=C=O)cc12. The van der Waals surface area contributed by atoms with E-state index in [0.717, 1.165) is 10.9 Å². The van der Waals surface area contributed by atoms with Crippen LogP contribution in [0.15, 0.2) is 23.3 Å². The van der Waals surface area contributed by atoms with Gasteiger partial charge in [0.15, 0.2) is 0 Å². The van der Waals surface area contributed by atoms with Crippen molar-refractivity contribution < 1.29 is 9.18 Å². The number of hydrogen-bond acceptors (Lipinski definition) is 2. The summed E-state index contributed by atoms with van der Waals surface area (Å²) in [7, 11) is 1.81. The van der Waals surface area contributed by atoms with E-state index in [1.54, 1.807) is 4.57 Å². The number of isocyanates is 1. The predicted molar refractivity (Wildman–Crippen MR) is 59.4 cm³/mol. The first-order chi connectivity index (χ1) is 7.63. The lowest BCUT2D eigenvalue weighted by Crippen LogP contribution is -1.90. The molecule has 0 unspecified atom stereocenters. The van der Waals surface area contributed by atoms with Crippen LogP contribution in [0, 0.1) is 12.7 Å². The highest BCUT2D eigenvalue weighted by molar-refractivity contribution is 5.85. The fraction of sp³-hybridized carbons (Fsp3) is 0.250. The topological polar surface area (TPSA) is 34.4 Å². The van der Waals surface area contributed by atoms with E-state index in [4.69, 9.17) is 0 Å². The lowest BCUT2D eigenvalue weighted by atomic mass is 10.1. The van der Waals surface area contributed by atoms with Crippen LogP contribution in [0.5, 0.6) is 0 Å². The van der Waals surface area contributed by atoms with Gasteiger partial charge in [-0.1, -0.05) is 0 Å². The average Bonchev–Trinajstić information content (AvgIpc) is 2.52. The first kappa shape index (κ1) is 10.6. The van der Waals surface area contributed by atoms with E-state index in [9.17, 15) is 9.18 Å². The van der Waals surface area contributed by atoms with Gasteiger partial charge < -0.3 is 4.57 Å². The Bertz CT molecular complexity index is 595. The Hall–Kier alpha value is -1.93. The number of aliphatic imine (C=N–C) groups is 1. The first-order valence-corrected chi connectivity index (χ1v) is 4.91. The van der Waals surface area contributed by atoms with Crippen molar-refractivity contribution in [1.29, 1.82) is 0 Å². The van der Waals surface area contributed by atoms with Crippen molar-refractivity contribution >= 4 is 17.0 Å². The highest BCUT2D eigenvalue weighted by Crippen LogP contribution is 2.24. The molecule has 0 saturated carbocycles. The van der Waals surface area contributed by atoms with Crippen molar-refractivity contribution in [2.24, 2.45) is 12.0 Å². The molecule has 16 heavy (non-hydrogen) atoms. The van der Waals surface area contributed by atoms with Gasteiger partial charge in [0, 0.05) is 18.6 Å². The van der Waals surface area contributed by atoms with Crippen molar-refractivity contribution in [3.63, 3.8) is 0 Å². The molecule has 0 fully saturated rings. The Labute approximate surface area is 92.2 Å². The van der Waals surface area contributed by atoms with Crippen LogP contribution in [-0.2, 0) is 18.4 Å². The van der Waals surface area contributed by atoms with Gasteiger partial charge in [-0.25, -0.2) is 14.2 Å². The van der Waals surface area contributed by atoms with E-state index in [1.165, 1.54) is 12.1 Å². The molecule has 0 saturated heterocycles. The quantitative estimate of drug-likeness (QED) is 0.563. The van der Waals surface area contributed by atoms with E-state index in [1.807, 2.05) is 26.2 Å². The third-order valence-electron chi connectivity index (χ3n) is 2.61. The smallest absolute Gasteiger partial charge is 0.235 e. The largest absolute Gasteiger partial charge is 0.348 e. The number of aromatic nitrogens is 1. The summed E-state index contributed by atoms with van der Waals surface area (Å²) in [6.45, 7) is 2.10. The molecule has 0 atom stereocenters. The highest BCUT2D eigenvalue weighted by Gasteiger charge is 2.09. The monoisotopic (exact) mass is 218 g/mol. The van der Waals surface area contributed by atoms with Gasteiger partial charge >= 0.3 is 0 Å². The summed E-state index contributed by atoms with van der Waals surface area (Å²) in [4.78, 5) is 13.5. The normalized spacial score (nSPS) is 10.4. The molecular formula is C12H11FN2O. The van der Waals surface area contributed by atoms with E-state index in [-0.39, 0.29) is 12.4 Å². The van der Waals surface area contributed by atoms with Crippen LogP contribution in [-0.4, -0.2) is 10.6 Å². The number of carbonyl (C=O) groups excluding carboxylic acids is 1. The molecule has 0 spiro atoms. The predicted octanol–water partition coefficient (Wildman–Crippen LogP) is 2.46. The summed E-state index contributed by atoms with van der Waals surface area (Å²) in [6.07, 6.45) is 3.33. The van der Waals surface area contributed by atoms with Crippen LogP contribution in [0.2, 0.25) is 0 Å². The molecule has 0 aliphatic heterocycles. The summed E-state index contributed by atoms with van der Waals surface area (Å²) < 4.78 is 15.5. The second kappa shape index (κ2) is 3.91. The number of halogens is 1. The zero-order chi connectivity index (χ0) is 11.7. The molecule has 1 aromatic carbocycles. The Morgan fingerprint density at radius 2 is 2.25 bits per heavy atom. The van der Waals surface area contributed by atoms with Gasteiger partial charge in [0.2, 0.25) is 6.08 Å². The number of aryl methyl sites for hydroxylation is 2. The second-order valence-electron chi connectivity index (χ2n) is 3.80. The summed E-state index contributed by atoms with van der Waals surface area (Å²) in [5, 5.41) is 0.860. The number of fused-ring (bicyclic) bond motifs is 1. The lowest BCUT2D eigenvalue weighted by molar-refractivity contribution is 0.562. The average molecular weight is 218 g/mol. The summed E-state index contributed by atoms with van der Waals surface area (Å²) in [6, 6.07) is 3.26. The molecule has 82 valence electrons. The van der Waals surface area contributed by atoms with E-state index in [2.05, 4.69) is 4.99 Å². The van der Waals surface area contributed by atoms with Gasteiger partial charge in [-0.3, -0.25) is 0 Å². The number of hydrogen-bond donors (Lipinski definition) is 0. The van der Waals surface area contributed by atoms with Crippen molar-refractivity contribution in [2.75, 3.05) is 0 Å². The Balaban J connectivity index is 2.66. The molecular weight excluding hydrogens is 207 g/mol. The van der Waals surface area contributed by atoms with Gasteiger partial charge in [-0.05, 0) is 30.2 Å². The zero-order valence-corrected chi connectivity index (χ0v) is 9.12. The van der Waals surface area contributed by atoms with E-state index < -0.39 is 0 Å². The fourth-order valence-electron chi connectivity index (χ4n) is 1.95. The summed E-state index contributed by atoms with van der Waals surface area (Å²) in [5.74, 6) is -0.288. The Morgan fingerprint density at radius 3 is 2.94 bits per heavy atom. The van der Waals surface area contributed by atoms with Crippen LogP contribution in [0.1, 0.15) is 11.1 Å². The van der Waals surface area contributed by atoms with Crippen molar-refractivity contribution in [3.8, 4) is 0 Å². The molecule has 3 nitrogen and oxygen atoms in total. The van der Waals surface area contributed by atoms with Crippen LogP contribution in [0.25, 0.3) is 10.9 Å². The van der Waals surface area contributed by atoms with Crippen LogP contribution < -0.4 is 0 Å². The first-order valence-electron chi connectivity index (χ1n) is 4.91. The molecule has 0 aliphatic carbocycles. The molecule has 4 heteroatoms. The van der Waals surface area contributed by atoms with Crippen molar-refractivity contribution in [2.45, 2.75) is 13.5 Å². The van der Waals surface area contributed by atoms with Gasteiger partial charge in [-0.2, -0.15) is 0 Å². The van der Waals surface area contributed by atoms with Gasteiger partial charge in [0.25, 0.3) is 0 Å². The molecule has 1 heterocycles. The molecule has 0 N–H and O–H groups in total. The van der Waals surface area contributed by atoms with Crippen molar-refractivity contribution in [3.05, 3.63) is 35.3 Å². The van der Waals surface area contributed by atoms with Gasteiger partial charge in [0.1, 0.15) is 5.82 Å². The molecule has 2 aromatic rings. The van der Waals surface area contributed by atoms with Gasteiger partial charge in [-0.15, -0.1) is 0 Å². The Morgan fingerprint density at radius 1 is 1.50 bits per heavy atom. The fourth-order valence-corrected chi connectivity index (χ4v) is 1.95. The summed E-state index contributed by atoms with van der Waals surface area (Å²) in [5.41, 5.74) is 2.27. The number of benzene rings is 1. The minimum atomic E-state index is -0.288. The van der Waals surface area contributed by atoms with Gasteiger partial charge in [0.05, 0.1) is 12.1 Å². The van der Waals surface area contributed by atoms with E-state index in [0.29, 0.717) is 11.1 Å². The maximum absolute atomic E-state index is 13.8. The van der Waals surface area contributed by atoms with E-state index >= 15 is 0 Å². The maximum Gasteiger partial charge on any atom is 0.235 e. The van der Waals surface area contributed by atoms with Crippen LogP contribution in [0.3, 0.4) is 0 Å². The molecule has 0 aliphatic rings. The lowest BCUT2D eigenvalue weighted by Gasteiger charge is -2.01. The standard InChI is InChI=1S/C12H11FN2O/c1-8-6-15(2)12-10(8)3-9(4-11(12)13)5-14-7-16/h3-4,6H,5H2,1-2H3. The zero-order valence-electron chi connectivity index (χ0n) is 9.12. The van der Waals surface area contributed by atoms with Crippen LogP contribution in [0.4, 0.5) is 4.39 Å². The van der Waals surface area contributed by atoms with Crippen molar-refractivity contribution in [1.82, 2.24) is 4.57 Å². The minimum Gasteiger partial charge on any atom is -0.348 e. The molecule has 2 rings (SSSR count). The number of nitrogens with zero attached hydrogens (tertiary/aromatic N) is 2. The third-order valence-corrected chi connectivity index (χ3v) is 2.61.